The normalized spacial score (nSPS) is 11.3. The van der Waals surface area contributed by atoms with Crippen LogP contribution in [0.1, 0.15) is 19.3 Å². The summed E-state index contributed by atoms with van der Waals surface area (Å²) in [6, 6.07) is 5.08. The molecule has 4 N–H and O–H groups in total. The highest BCUT2D eigenvalue weighted by Gasteiger charge is 2.18. The van der Waals surface area contributed by atoms with Crippen LogP contribution in [0.2, 0.25) is 0 Å². The number of carbonyl (C=O) groups excluding carboxylic acids is 1. The fraction of sp³-hybridized carbons (Fsp3) is 0.462. The van der Waals surface area contributed by atoms with Gasteiger partial charge < -0.3 is 11.1 Å². The number of benzene rings is 1. The second-order valence-corrected chi connectivity index (χ2v) is 6.16. The van der Waals surface area contributed by atoms with Gasteiger partial charge in [-0.25, -0.2) is 17.5 Å². The molecule has 0 fully saturated rings. The molecule has 1 amide bonds. The SMILES string of the molecule is NCCCCNC(=O)CCNS(=O)(=O)c1ccccc1F. The van der Waals surface area contributed by atoms with Crippen molar-refractivity contribution in [3.05, 3.63) is 30.1 Å². The van der Waals surface area contributed by atoms with Crippen LogP contribution in [-0.2, 0) is 14.8 Å². The van der Waals surface area contributed by atoms with Crippen LogP contribution in [0.3, 0.4) is 0 Å². The Morgan fingerprint density at radius 2 is 1.90 bits per heavy atom. The van der Waals surface area contributed by atoms with Crippen molar-refractivity contribution in [2.45, 2.75) is 24.2 Å². The van der Waals surface area contributed by atoms with Crippen molar-refractivity contribution in [1.82, 2.24) is 10.0 Å². The molecular formula is C13H20FN3O3S. The summed E-state index contributed by atoms with van der Waals surface area (Å²) in [5.74, 6) is -1.08. The summed E-state index contributed by atoms with van der Waals surface area (Å²) in [7, 11) is -3.94. The van der Waals surface area contributed by atoms with E-state index in [9.17, 15) is 17.6 Å². The third-order valence-corrected chi connectivity index (χ3v) is 4.22. The van der Waals surface area contributed by atoms with E-state index in [1.165, 1.54) is 18.2 Å². The van der Waals surface area contributed by atoms with Crippen molar-refractivity contribution in [2.24, 2.45) is 5.73 Å². The monoisotopic (exact) mass is 317 g/mol. The minimum absolute atomic E-state index is 0.00366. The van der Waals surface area contributed by atoms with Gasteiger partial charge in [0.2, 0.25) is 15.9 Å². The Labute approximate surface area is 124 Å². The Balaban J connectivity index is 2.38. The second-order valence-electron chi connectivity index (χ2n) is 4.42. The van der Waals surface area contributed by atoms with E-state index in [-0.39, 0.29) is 18.9 Å². The van der Waals surface area contributed by atoms with Gasteiger partial charge in [0, 0.05) is 19.5 Å². The number of amides is 1. The molecule has 0 bridgehead atoms. The Kier molecular flexibility index (Phi) is 7.27. The van der Waals surface area contributed by atoms with E-state index in [4.69, 9.17) is 5.73 Å². The van der Waals surface area contributed by atoms with Crippen LogP contribution in [0.5, 0.6) is 0 Å². The number of carbonyl (C=O) groups is 1. The predicted molar refractivity (Wildman–Crippen MR) is 77.5 cm³/mol. The summed E-state index contributed by atoms with van der Waals surface area (Å²) >= 11 is 0. The average Bonchev–Trinajstić information content (AvgIpc) is 2.44. The zero-order chi connectivity index (χ0) is 15.7. The molecule has 8 heteroatoms. The van der Waals surface area contributed by atoms with E-state index in [1.807, 2.05) is 0 Å². The summed E-state index contributed by atoms with van der Waals surface area (Å²) in [4.78, 5) is 11.0. The number of sulfonamides is 1. The minimum atomic E-state index is -3.94. The zero-order valence-corrected chi connectivity index (χ0v) is 12.5. The van der Waals surface area contributed by atoms with Gasteiger partial charge >= 0.3 is 0 Å². The molecule has 6 nitrogen and oxygen atoms in total. The molecule has 0 radical (unpaired) electrons. The van der Waals surface area contributed by atoms with Crippen LogP contribution in [-0.4, -0.2) is 34.0 Å². The van der Waals surface area contributed by atoms with Crippen molar-refractivity contribution in [1.29, 1.82) is 0 Å². The van der Waals surface area contributed by atoms with Gasteiger partial charge in [0.05, 0.1) is 0 Å². The molecule has 0 aliphatic heterocycles. The molecule has 0 atom stereocenters. The molecule has 0 heterocycles. The van der Waals surface area contributed by atoms with E-state index in [1.54, 1.807) is 0 Å². The van der Waals surface area contributed by atoms with Crippen molar-refractivity contribution in [3.63, 3.8) is 0 Å². The number of nitrogens with two attached hydrogens (primary N) is 1. The first-order chi connectivity index (χ1) is 9.97. The number of halogens is 1. The molecule has 1 rings (SSSR count). The summed E-state index contributed by atoms with van der Waals surface area (Å²) in [5, 5.41) is 2.65. The molecule has 1 aromatic rings. The smallest absolute Gasteiger partial charge is 0.243 e. The topological polar surface area (TPSA) is 101 Å². The molecule has 0 aliphatic carbocycles. The lowest BCUT2D eigenvalue weighted by molar-refractivity contribution is -0.120. The number of rotatable bonds is 9. The maximum atomic E-state index is 13.4. The van der Waals surface area contributed by atoms with E-state index >= 15 is 0 Å². The molecule has 118 valence electrons. The van der Waals surface area contributed by atoms with Crippen LogP contribution in [0, 0.1) is 5.82 Å². The Bertz CT molecular complexity index is 564. The molecule has 0 saturated carbocycles. The van der Waals surface area contributed by atoms with E-state index < -0.39 is 20.7 Å². The van der Waals surface area contributed by atoms with Gasteiger partial charge in [0.25, 0.3) is 0 Å². The quantitative estimate of drug-likeness (QED) is 0.572. The van der Waals surface area contributed by atoms with Crippen LogP contribution in [0.15, 0.2) is 29.2 Å². The molecule has 0 unspecified atom stereocenters. The van der Waals surface area contributed by atoms with E-state index in [2.05, 4.69) is 10.0 Å². The average molecular weight is 317 g/mol. The highest BCUT2D eigenvalue weighted by atomic mass is 32.2. The van der Waals surface area contributed by atoms with Gasteiger partial charge in [0.1, 0.15) is 10.7 Å². The number of hydrogen-bond donors (Lipinski definition) is 3. The highest BCUT2D eigenvalue weighted by Crippen LogP contribution is 2.12. The molecule has 0 aliphatic rings. The van der Waals surface area contributed by atoms with Gasteiger partial charge in [-0.1, -0.05) is 12.1 Å². The minimum Gasteiger partial charge on any atom is -0.356 e. The molecule has 0 spiro atoms. The third kappa shape index (κ3) is 6.19. The highest BCUT2D eigenvalue weighted by molar-refractivity contribution is 7.89. The first kappa shape index (κ1) is 17.5. The van der Waals surface area contributed by atoms with E-state index in [0.717, 1.165) is 18.9 Å². The second kappa shape index (κ2) is 8.71. The van der Waals surface area contributed by atoms with Gasteiger partial charge in [-0.05, 0) is 31.5 Å². The van der Waals surface area contributed by atoms with Gasteiger partial charge in [-0.15, -0.1) is 0 Å². The van der Waals surface area contributed by atoms with Gasteiger partial charge in [-0.3, -0.25) is 4.79 Å². The Morgan fingerprint density at radius 1 is 1.19 bits per heavy atom. The van der Waals surface area contributed by atoms with Crippen LogP contribution < -0.4 is 15.8 Å². The fourth-order valence-corrected chi connectivity index (χ4v) is 2.73. The van der Waals surface area contributed by atoms with Crippen molar-refractivity contribution in [3.8, 4) is 0 Å². The lowest BCUT2D eigenvalue weighted by atomic mass is 10.3. The molecule has 0 aromatic heterocycles. The lowest BCUT2D eigenvalue weighted by Gasteiger charge is -2.08. The predicted octanol–water partition coefficient (Wildman–Crippen LogP) is 0.349. The summed E-state index contributed by atoms with van der Waals surface area (Å²) in [6.45, 7) is 0.994. The lowest BCUT2D eigenvalue weighted by Crippen LogP contribution is -2.31. The largest absolute Gasteiger partial charge is 0.356 e. The number of unbranched alkanes of at least 4 members (excludes halogenated alkanes) is 1. The Hall–Kier alpha value is -1.51. The fourth-order valence-electron chi connectivity index (χ4n) is 1.62. The first-order valence-electron chi connectivity index (χ1n) is 6.68. The van der Waals surface area contributed by atoms with Gasteiger partial charge in [0.15, 0.2) is 0 Å². The molecule has 0 saturated heterocycles. The first-order valence-corrected chi connectivity index (χ1v) is 8.16. The summed E-state index contributed by atoms with van der Waals surface area (Å²) in [6.07, 6.45) is 1.60. The van der Waals surface area contributed by atoms with Crippen LogP contribution >= 0.6 is 0 Å². The third-order valence-electron chi connectivity index (χ3n) is 2.72. The maximum Gasteiger partial charge on any atom is 0.243 e. The van der Waals surface area contributed by atoms with Crippen LogP contribution in [0.4, 0.5) is 4.39 Å². The zero-order valence-electron chi connectivity index (χ0n) is 11.6. The molecule has 21 heavy (non-hydrogen) atoms. The summed E-state index contributed by atoms with van der Waals surface area (Å²) in [5.41, 5.74) is 5.32. The standard InChI is InChI=1S/C13H20FN3O3S/c14-11-5-1-2-6-12(11)21(19,20)17-10-7-13(18)16-9-4-3-8-15/h1-2,5-6,17H,3-4,7-10,15H2,(H,16,18). The van der Waals surface area contributed by atoms with Crippen LogP contribution in [0.25, 0.3) is 0 Å². The number of hydrogen-bond acceptors (Lipinski definition) is 4. The van der Waals surface area contributed by atoms with Crippen molar-refractivity contribution >= 4 is 15.9 Å². The van der Waals surface area contributed by atoms with Gasteiger partial charge in [-0.2, -0.15) is 0 Å². The maximum absolute atomic E-state index is 13.4. The van der Waals surface area contributed by atoms with E-state index in [0.29, 0.717) is 13.1 Å². The van der Waals surface area contributed by atoms with Crippen molar-refractivity contribution in [2.75, 3.05) is 19.6 Å². The Morgan fingerprint density at radius 3 is 2.57 bits per heavy atom. The molecule has 1 aromatic carbocycles. The van der Waals surface area contributed by atoms with Crippen molar-refractivity contribution < 1.29 is 17.6 Å². The number of nitrogens with one attached hydrogen (secondary N) is 2. The summed E-state index contributed by atoms with van der Waals surface area (Å²) < 4.78 is 39.3. The molecular weight excluding hydrogens is 297 g/mol.